The highest BCUT2D eigenvalue weighted by Gasteiger charge is 2.39. The van der Waals surface area contributed by atoms with Crippen LogP contribution in [0.2, 0.25) is 5.02 Å². The molecule has 2 aliphatic rings. The van der Waals surface area contributed by atoms with Gasteiger partial charge in [0, 0.05) is 34.1 Å². The maximum Gasteiger partial charge on any atom is 0.404 e. The number of pyridine rings is 1. The zero-order valence-electron chi connectivity index (χ0n) is 19.2. The Hall–Kier alpha value is -1.77. The standard InChI is InChI=1S/C25H29ClF3N3OS/c1-14-19-9-7-17(26)11-21(19)24(30)22(12-20(14)16-5-3-4-6-16)23-10-8-18(13-31-23)34(33)32-15(2)25(27,28)29/h7-11,13-16,20,22,30,32H,3-6,12H2,1-2H3. The van der Waals surface area contributed by atoms with Crippen LogP contribution in [0.1, 0.15) is 74.6 Å². The van der Waals surface area contributed by atoms with Crippen molar-refractivity contribution in [1.82, 2.24) is 9.71 Å². The van der Waals surface area contributed by atoms with Crippen LogP contribution in [-0.4, -0.2) is 27.1 Å². The Balaban J connectivity index is 1.64. The van der Waals surface area contributed by atoms with E-state index in [0.717, 1.165) is 24.5 Å². The molecule has 1 aromatic carbocycles. The van der Waals surface area contributed by atoms with Gasteiger partial charge in [0.15, 0.2) is 0 Å². The van der Waals surface area contributed by atoms with Gasteiger partial charge in [-0.25, -0.2) is 8.93 Å². The number of halogens is 4. The maximum atomic E-state index is 12.8. The first kappa shape index (κ1) is 25.3. The SMILES string of the molecule is CC1c2ccc(Cl)cc2C(=N)C(c2ccc(S(=O)NC(C)C(F)(F)F)cn2)CC1C1CCCC1. The molecule has 1 saturated carbocycles. The number of nitrogens with zero attached hydrogens (tertiary/aromatic N) is 1. The Morgan fingerprint density at radius 2 is 1.91 bits per heavy atom. The molecule has 1 heterocycles. The number of rotatable bonds is 5. The fourth-order valence-corrected chi connectivity index (χ4v) is 6.53. The molecule has 184 valence electrons. The molecule has 0 spiro atoms. The minimum Gasteiger partial charge on any atom is -0.304 e. The van der Waals surface area contributed by atoms with Crippen molar-refractivity contribution in [1.29, 1.82) is 5.41 Å². The van der Waals surface area contributed by atoms with Crippen LogP contribution < -0.4 is 4.72 Å². The first-order valence-corrected chi connectivity index (χ1v) is 13.2. The number of nitrogens with one attached hydrogen (secondary N) is 2. The lowest BCUT2D eigenvalue weighted by molar-refractivity contribution is -0.146. The van der Waals surface area contributed by atoms with E-state index in [0.29, 0.717) is 28.3 Å². The van der Waals surface area contributed by atoms with Crippen LogP contribution in [0.4, 0.5) is 13.2 Å². The number of aromatic nitrogens is 1. The third-order valence-electron chi connectivity index (χ3n) is 7.41. The highest BCUT2D eigenvalue weighted by molar-refractivity contribution is 7.83. The maximum absolute atomic E-state index is 12.8. The molecule has 0 saturated heterocycles. The van der Waals surface area contributed by atoms with Gasteiger partial charge in [0.25, 0.3) is 0 Å². The number of benzene rings is 1. The molecule has 0 aliphatic heterocycles. The Morgan fingerprint density at radius 3 is 2.53 bits per heavy atom. The van der Waals surface area contributed by atoms with Gasteiger partial charge in [0.05, 0.1) is 4.90 Å². The highest BCUT2D eigenvalue weighted by Crippen LogP contribution is 2.48. The van der Waals surface area contributed by atoms with Gasteiger partial charge in [-0.3, -0.25) is 4.98 Å². The van der Waals surface area contributed by atoms with Crippen molar-refractivity contribution in [3.8, 4) is 0 Å². The van der Waals surface area contributed by atoms with E-state index in [1.807, 2.05) is 18.2 Å². The molecule has 9 heteroatoms. The van der Waals surface area contributed by atoms with Crippen molar-refractivity contribution in [3.63, 3.8) is 0 Å². The van der Waals surface area contributed by atoms with E-state index in [1.54, 1.807) is 12.1 Å². The molecule has 1 fully saturated rings. The average molecular weight is 512 g/mol. The molecule has 0 bridgehead atoms. The van der Waals surface area contributed by atoms with Crippen molar-refractivity contribution in [2.75, 3.05) is 0 Å². The van der Waals surface area contributed by atoms with Gasteiger partial charge in [-0.2, -0.15) is 13.2 Å². The molecule has 0 amide bonds. The summed E-state index contributed by atoms with van der Waals surface area (Å²) in [6.45, 7) is 3.16. The lowest BCUT2D eigenvalue weighted by atomic mass is 9.75. The number of fused-ring (bicyclic) bond motifs is 1. The van der Waals surface area contributed by atoms with Crippen molar-refractivity contribution in [2.24, 2.45) is 11.8 Å². The second-order valence-corrected chi connectivity index (χ2v) is 11.2. The quantitative estimate of drug-likeness (QED) is 0.435. The fourth-order valence-electron chi connectivity index (χ4n) is 5.43. The number of hydrogen-bond acceptors (Lipinski definition) is 3. The molecule has 4 nitrogen and oxygen atoms in total. The molecule has 2 N–H and O–H groups in total. The normalized spacial score (nSPS) is 25.6. The molecule has 1 aromatic heterocycles. The third kappa shape index (κ3) is 5.24. The monoisotopic (exact) mass is 511 g/mol. The summed E-state index contributed by atoms with van der Waals surface area (Å²) in [6, 6.07) is 7.10. The molecule has 5 atom stereocenters. The Morgan fingerprint density at radius 1 is 1.21 bits per heavy atom. The minimum absolute atomic E-state index is 0.171. The Bertz CT molecular complexity index is 1070. The minimum atomic E-state index is -4.49. The summed E-state index contributed by atoms with van der Waals surface area (Å²) in [7, 11) is -2.04. The summed E-state index contributed by atoms with van der Waals surface area (Å²) < 4.78 is 52.9. The van der Waals surface area contributed by atoms with E-state index in [-0.39, 0.29) is 16.7 Å². The summed E-state index contributed by atoms with van der Waals surface area (Å²) in [4.78, 5) is 4.65. The van der Waals surface area contributed by atoms with Gasteiger partial charge in [0.2, 0.25) is 0 Å². The van der Waals surface area contributed by atoms with Crippen LogP contribution in [0.5, 0.6) is 0 Å². The molecule has 34 heavy (non-hydrogen) atoms. The molecule has 2 aliphatic carbocycles. The smallest absolute Gasteiger partial charge is 0.304 e. The van der Waals surface area contributed by atoms with Gasteiger partial charge < -0.3 is 5.41 Å². The predicted octanol–water partition coefficient (Wildman–Crippen LogP) is 6.76. The van der Waals surface area contributed by atoms with E-state index < -0.39 is 23.2 Å². The van der Waals surface area contributed by atoms with Crippen LogP contribution in [0.25, 0.3) is 0 Å². The highest BCUT2D eigenvalue weighted by atomic mass is 35.5. The van der Waals surface area contributed by atoms with Crippen LogP contribution in [0.15, 0.2) is 41.4 Å². The van der Waals surface area contributed by atoms with E-state index in [9.17, 15) is 17.4 Å². The number of alkyl halides is 3. The van der Waals surface area contributed by atoms with Crippen molar-refractivity contribution in [3.05, 3.63) is 58.4 Å². The van der Waals surface area contributed by atoms with Gasteiger partial charge in [-0.05, 0) is 60.9 Å². The van der Waals surface area contributed by atoms with Gasteiger partial charge in [-0.1, -0.05) is 50.3 Å². The first-order valence-electron chi connectivity index (χ1n) is 11.6. The summed E-state index contributed by atoms with van der Waals surface area (Å²) >= 11 is 6.30. The second-order valence-electron chi connectivity index (χ2n) is 9.50. The van der Waals surface area contributed by atoms with Crippen molar-refractivity contribution >= 4 is 28.3 Å². The summed E-state index contributed by atoms with van der Waals surface area (Å²) in [5.41, 5.74) is 3.09. The van der Waals surface area contributed by atoms with Crippen LogP contribution in [-0.2, 0) is 11.0 Å². The molecular formula is C25H29ClF3N3OS. The zero-order chi connectivity index (χ0) is 24.6. The zero-order valence-corrected chi connectivity index (χ0v) is 20.7. The van der Waals surface area contributed by atoms with Crippen LogP contribution in [0, 0.1) is 17.2 Å². The average Bonchev–Trinajstić information content (AvgIpc) is 3.30. The molecule has 2 aromatic rings. The van der Waals surface area contributed by atoms with E-state index in [4.69, 9.17) is 17.0 Å². The Kier molecular flexibility index (Phi) is 7.50. The van der Waals surface area contributed by atoms with Gasteiger partial charge in [-0.15, -0.1) is 0 Å². The lowest BCUT2D eigenvalue weighted by Gasteiger charge is -2.30. The summed E-state index contributed by atoms with van der Waals surface area (Å²) in [5, 5.41) is 9.64. The first-order chi connectivity index (χ1) is 16.1. The second kappa shape index (κ2) is 10.1. The number of hydrogen-bond donors (Lipinski definition) is 2. The lowest BCUT2D eigenvalue weighted by Crippen LogP contribution is -2.40. The molecule has 5 unspecified atom stereocenters. The van der Waals surface area contributed by atoms with E-state index in [1.165, 1.54) is 31.9 Å². The summed E-state index contributed by atoms with van der Waals surface area (Å²) in [5.74, 6) is 0.991. The summed E-state index contributed by atoms with van der Waals surface area (Å²) in [6.07, 6.45) is 2.47. The van der Waals surface area contributed by atoms with Gasteiger partial charge in [0.1, 0.15) is 17.0 Å². The largest absolute Gasteiger partial charge is 0.404 e. The third-order valence-corrected chi connectivity index (χ3v) is 8.88. The Labute approximate surface area is 205 Å². The van der Waals surface area contributed by atoms with Crippen molar-refractivity contribution < 1.29 is 17.4 Å². The van der Waals surface area contributed by atoms with E-state index in [2.05, 4.69) is 16.6 Å². The molecular weight excluding hydrogens is 483 g/mol. The molecule has 4 rings (SSSR count). The van der Waals surface area contributed by atoms with E-state index >= 15 is 0 Å². The topological polar surface area (TPSA) is 65.8 Å². The van der Waals surface area contributed by atoms with Crippen LogP contribution >= 0.6 is 11.6 Å². The molecule has 0 radical (unpaired) electrons. The fraction of sp³-hybridized carbons (Fsp3) is 0.520. The van der Waals surface area contributed by atoms with Gasteiger partial charge >= 0.3 is 6.18 Å². The predicted molar refractivity (Wildman–Crippen MR) is 129 cm³/mol. The van der Waals surface area contributed by atoms with Crippen molar-refractivity contribution in [2.45, 2.75) is 74.9 Å². The van der Waals surface area contributed by atoms with Crippen LogP contribution in [0.3, 0.4) is 0 Å².